The highest BCUT2D eigenvalue weighted by Gasteiger charge is 2.48. The van der Waals surface area contributed by atoms with E-state index >= 15 is 0 Å². The molecule has 2 heterocycles. The number of fused-ring (bicyclic) bond motifs is 1. The number of aliphatic hydroxyl groups excluding tert-OH is 1. The lowest BCUT2D eigenvalue weighted by atomic mass is 9.95. The Morgan fingerprint density at radius 1 is 1.08 bits per heavy atom. The van der Waals surface area contributed by atoms with Gasteiger partial charge in [-0.1, -0.05) is 54.1 Å². The predicted molar refractivity (Wildman–Crippen MR) is 145 cm³/mol. The van der Waals surface area contributed by atoms with E-state index < -0.39 is 17.7 Å². The van der Waals surface area contributed by atoms with Crippen LogP contribution in [0.25, 0.3) is 16.0 Å². The maximum atomic E-state index is 13.5. The molecule has 0 saturated carbocycles. The van der Waals surface area contributed by atoms with Crippen molar-refractivity contribution in [3.05, 3.63) is 88.5 Å². The summed E-state index contributed by atoms with van der Waals surface area (Å²) in [6.45, 7) is 2.51. The van der Waals surface area contributed by atoms with Gasteiger partial charge in [-0.25, -0.2) is 4.98 Å². The van der Waals surface area contributed by atoms with Crippen molar-refractivity contribution in [2.24, 2.45) is 0 Å². The molecule has 1 unspecified atom stereocenters. The van der Waals surface area contributed by atoms with Crippen molar-refractivity contribution < 1.29 is 24.2 Å². The second-order valence-electron chi connectivity index (χ2n) is 8.43. The van der Waals surface area contributed by atoms with Crippen molar-refractivity contribution >= 4 is 55.7 Å². The number of nitrogens with zero attached hydrogens (tertiary/aromatic N) is 2. The second kappa shape index (κ2) is 10.2. The number of amides is 1. The minimum atomic E-state index is -0.925. The molecular weight excluding hydrogens is 512 g/mol. The van der Waals surface area contributed by atoms with E-state index in [1.165, 1.54) is 23.3 Å². The number of halogens is 1. The van der Waals surface area contributed by atoms with Crippen LogP contribution in [0.15, 0.2) is 72.3 Å². The van der Waals surface area contributed by atoms with Crippen LogP contribution >= 0.6 is 22.9 Å². The Hall–Kier alpha value is -3.88. The van der Waals surface area contributed by atoms with Crippen LogP contribution in [0.3, 0.4) is 0 Å². The molecule has 0 spiro atoms. The largest absolute Gasteiger partial charge is 0.507 e. The Morgan fingerprint density at radius 3 is 2.65 bits per heavy atom. The van der Waals surface area contributed by atoms with Crippen molar-refractivity contribution in [3.63, 3.8) is 0 Å². The van der Waals surface area contributed by atoms with E-state index in [0.29, 0.717) is 44.9 Å². The maximum Gasteiger partial charge on any atom is 0.301 e. The minimum absolute atomic E-state index is 0.0387. The number of anilines is 1. The normalized spacial score (nSPS) is 16.9. The Morgan fingerprint density at radius 2 is 1.86 bits per heavy atom. The average molecular weight is 535 g/mol. The molecule has 0 bridgehead atoms. The molecule has 1 aliphatic rings. The van der Waals surface area contributed by atoms with Crippen LogP contribution < -0.4 is 14.4 Å². The number of rotatable bonds is 7. The zero-order valence-corrected chi connectivity index (χ0v) is 21.7. The van der Waals surface area contributed by atoms with Gasteiger partial charge in [0.1, 0.15) is 17.3 Å². The molecule has 1 fully saturated rings. The molecule has 188 valence electrons. The van der Waals surface area contributed by atoms with E-state index in [2.05, 4.69) is 4.98 Å². The van der Waals surface area contributed by atoms with Crippen LogP contribution in [0.4, 0.5) is 5.13 Å². The highest BCUT2D eigenvalue weighted by atomic mass is 35.5. The summed E-state index contributed by atoms with van der Waals surface area (Å²) in [7, 11) is 1.54. The molecule has 7 nitrogen and oxygen atoms in total. The predicted octanol–water partition coefficient (Wildman–Crippen LogP) is 6.37. The quantitative estimate of drug-likeness (QED) is 0.168. The van der Waals surface area contributed by atoms with Crippen LogP contribution in [0.5, 0.6) is 11.5 Å². The number of Topliss-reactive ketones (excluding diaryl/α,β-unsaturated/α-hetero) is 1. The number of thiazole rings is 1. The standard InChI is InChI=1S/C28H23ClN2O5S/c1-3-12-36-20-9-5-7-17(14-20)25(32)23-24(16-6-4-8-19(13-16)35-2)31(27(34)26(23)33)28-30-21-11-10-18(29)15-22(21)37-28/h4-11,13-15,24,32H,3,12H2,1-2H3. The molecule has 37 heavy (non-hydrogen) atoms. The first-order valence-corrected chi connectivity index (χ1v) is 12.8. The minimum Gasteiger partial charge on any atom is -0.507 e. The molecule has 9 heteroatoms. The van der Waals surface area contributed by atoms with Gasteiger partial charge < -0.3 is 14.6 Å². The summed E-state index contributed by atoms with van der Waals surface area (Å²) in [5.41, 5.74) is 1.58. The number of benzene rings is 3. The van der Waals surface area contributed by atoms with Gasteiger partial charge in [0.05, 0.1) is 35.5 Å². The number of hydrogen-bond acceptors (Lipinski definition) is 7. The first kappa shape index (κ1) is 24.8. The van der Waals surface area contributed by atoms with Crippen LogP contribution in [-0.2, 0) is 9.59 Å². The van der Waals surface area contributed by atoms with Crippen molar-refractivity contribution in [1.82, 2.24) is 4.98 Å². The smallest absolute Gasteiger partial charge is 0.301 e. The fraction of sp³-hybridized carbons (Fsp3) is 0.179. The fourth-order valence-corrected chi connectivity index (χ4v) is 5.52. The first-order valence-electron chi connectivity index (χ1n) is 11.7. The molecule has 1 saturated heterocycles. The number of ketones is 1. The number of aliphatic hydroxyl groups is 1. The molecule has 0 radical (unpaired) electrons. The molecular formula is C28H23ClN2O5S. The van der Waals surface area contributed by atoms with E-state index in [0.717, 1.165) is 11.1 Å². The number of carbonyl (C=O) groups is 2. The molecule has 0 aliphatic carbocycles. The van der Waals surface area contributed by atoms with Crippen LogP contribution in [0, 0.1) is 0 Å². The molecule has 5 rings (SSSR count). The summed E-state index contributed by atoms with van der Waals surface area (Å²) in [5, 5.41) is 12.3. The zero-order valence-electron chi connectivity index (χ0n) is 20.1. The summed E-state index contributed by atoms with van der Waals surface area (Å²) in [6.07, 6.45) is 0.824. The van der Waals surface area contributed by atoms with Gasteiger partial charge in [-0.2, -0.15) is 0 Å². The molecule has 3 aromatic carbocycles. The lowest BCUT2D eigenvalue weighted by Gasteiger charge is -2.23. The summed E-state index contributed by atoms with van der Waals surface area (Å²) in [5.74, 6) is -0.768. The number of methoxy groups -OCH3 is 1. The van der Waals surface area contributed by atoms with Crippen LogP contribution in [0.2, 0.25) is 5.02 Å². The van der Waals surface area contributed by atoms with E-state index in [9.17, 15) is 14.7 Å². The lowest BCUT2D eigenvalue weighted by molar-refractivity contribution is -0.132. The van der Waals surface area contributed by atoms with Crippen LogP contribution in [-0.4, -0.2) is 35.5 Å². The number of hydrogen-bond donors (Lipinski definition) is 1. The maximum absolute atomic E-state index is 13.5. The summed E-state index contributed by atoms with van der Waals surface area (Å²) < 4.78 is 11.9. The van der Waals surface area contributed by atoms with Crippen molar-refractivity contribution in [2.45, 2.75) is 19.4 Å². The van der Waals surface area contributed by atoms with E-state index in [1.807, 2.05) is 6.92 Å². The molecule has 1 aliphatic heterocycles. The third-order valence-electron chi connectivity index (χ3n) is 5.98. The second-order valence-corrected chi connectivity index (χ2v) is 9.88. The van der Waals surface area contributed by atoms with E-state index in [1.54, 1.807) is 66.7 Å². The Balaban J connectivity index is 1.69. The Labute approximate surface area is 222 Å². The third-order valence-corrected chi connectivity index (χ3v) is 7.23. The van der Waals surface area contributed by atoms with Gasteiger partial charge in [-0.3, -0.25) is 14.5 Å². The van der Waals surface area contributed by atoms with E-state index in [4.69, 9.17) is 21.1 Å². The summed E-state index contributed by atoms with van der Waals surface area (Å²) >= 11 is 7.40. The van der Waals surface area contributed by atoms with Crippen LogP contribution in [0.1, 0.15) is 30.5 Å². The van der Waals surface area contributed by atoms with Gasteiger partial charge in [-0.15, -0.1) is 0 Å². The number of aromatic nitrogens is 1. The monoisotopic (exact) mass is 534 g/mol. The lowest BCUT2D eigenvalue weighted by Crippen LogP contribution is -2.29. The molecule has 1 N–H and O–H groups in total. The topological polar surface area (TPSA) is 89.0 Å². The number of carbonyl (C=O) groups excluding carboxylic acids is 2. The third kappa shape index (κ3) is 4.65. The fourth-order valence-electron chi connectivity index (χ4n) is 4.25. The van der Waals surface area contributed by atoms with Gasteiger partial charge in [0, 0.05) is 10.6 Å². The van der Waals surface area contributed by atoms with Gasteiger partial charge in [0.25, 0.3) is 5.78 Å². The first-order chi connectivity index (χ1) is 17.9. The van der Waals surface area contributed by atoms with Crippen molar-refractivity contribution in [3.8, 4) is 11.5 Å². The summed E-state index contributed by atoms with van der Waals surface area (Å²) in [4.78, 5) is 32.9. The van der Waals surface area contributed by atoms with Gasteiger partial charge in [0.2, 0.25) is 0 Å². The van der Waals surface area contributed by atoms with E-state index in [-0.39, 0.29) is 11.3 Å². The SMILES string of the molecule is CCCOc1cccc(C(O)=C2C(=O)C(=O)N(c3nc4ccc(Cl)cc4s3)C2c2cccc(OC)c2)c1. The highest BCUT2D eigenvalue weighted by Crippen LogP contribution is 2.45. The van der Waals surface area contributed by atoms with Crippen molar-refractivity contribution in [2.75, 3.05) is 18.6 Å². The van der Waals surface area contributed by atoms with Gasteiger partial charge in [-0.05, 0) is 54.4 Å². The molecule has 1 aromatic heterocycles. The van der Waals surface area contributed by atoms with Gasteiger partial charge in [0.15, 0.2) is 5.13 Å². The molecule has 1 atom stereocenters. The Bertz CT molecular complexity index is 1550. The number of ether oxygens (including phenoxy) is 2. The zero-order chi connectivity index (χ0) is 26.1. The van der Waals surface area contributed by atoms with Gasteiger partial charge >= 0.3 is 5.91 Å². The highest BCUT2D eigenvalue weighted by molar-refractivity contribution is 7.22. The molecule has 4 aromatic rings. The molecule has 1 amide bonds. The Kier molecular flexibility index (Phi) is 6.86. The van der Waals surface area contributed by atoms with Crippen molar-refractivity contribution in [1.29, 1.82) is 0 Å². The summed E-state index contributed by atoms with van der Waals surface area (Å²) in [6, 6.07) is 18.2. The average Bonchev–Trinajstić information content (AvgIpc) is 3.44.